The Morgan fingerprint density at radius 1 is 1.24 bits per heavy atom. The van der Waals surface area contributed by atoms with Crippen molar-refractivity contribution in [1.82, 2.24) is 9.78 Å². The summed E-state index contributed by atoms with van der Waals surface area (Å²) in [5.41, 5.74) is 0.884. The molecule has 0 unspecified atom stereocenters. The summed E-state index contributed by atoms with van der Waals surface area (Å²) in [7, 11) is 1.56. The van der Waals surface area contributed by atoms with Gasteiger partial charge in [0.1, 0.15) is 11.3 Å². The topological polar surface area (TPSA) is 90.7 Å². The second-order valence-corrected chi connectivity index (χ2v) is 5.90. The Kier molecular flexibility index (Phi) is 5.80. The van der Waals surface area contributed by atoms with Gasteiger partial charge in [-0.2, -0.15) is 5.10 Å². The Morgan fingerprint density at radius 2 is 1.88 bits per heavy atom. The number of methoxy groups -OCH3 is 1. The molecule has 25 heavy (non-hydrogen) atoms. The lowest BCUT2D eigenvalue weighted by molar-refractivity contribution is 0.0513. The van der Waals surface area contributed by atoms with Crippen LogP contribution in [-0.4, -0.2) is 40.5 Å². The summed E-state index contributed by atoms with van der Waals surface area (Å²) in [5, 5.41) is 13.6. The number of aromatic nitrogens is 2. The molecule has 1 N–H and O–H groups in total. The minimum absolute atomic E-state index is 0.0128. The lowest BCUT2D eigenvalue weighted by atomic mass is 10.0. The molecule has 2 rings (SSSR count). The lowest BCUT2D eigenvalue weighted by Gasteiger charge is -2.12. The highest BCUT2D eigenvalue weighted by Gasteiger charge is 2.29. The predicted octanol–water partition coefficient (Wildman–Crippen LogP) is 2.95. The monoisotopic (exact) mass is 346 g/mol. The Balaban J connectivity index is 2.66. The Bertz CT molecular complexity index is 763. The quantitative estimate of drug-likeness (QED) is 0.775. The molecule has 1 aromatic carbocycles. The number of carboxylic acid groups (broad SMARTS) is 1. The van der Waals surface area contributed by atoms with Crippen LogP contribution in [0.15, 0.2) is 24.3 Å². The van der Waals surface area contributed by atoms with Crippen molar-refractivity contribution in [2.24, 2.45) is 5.92 Å². The Morgan fingerprint density at radius 3 is 2.36 bits per heavy atom. The summed E-state index contributed by atoms with van der Waals surface area (Å²) < 4.78 is 11.7. The first-order valence-corrected chi connectivity index (χ1v) is 8.05. The van der Waals surface area contributed by atoms with E-state index >= 15 is 0 Å². The summed E-state index contributed by atoms with van der Waals surface area (Å²) in [6.45, 7) is 5.81. The molecule has 134 valence electrons. The summed E-state index contributed by atoms with van der Waals surface area (Å²) >= 11 is 0. The smallest absolute Gasteiger partial charge is 0.357 e. The highest BCUT2D eigenvalue weighted by molar-refractivity contribution is 6.02. The molecule has 1 aromatic heterocycles. The fourth-order valence-electron chi connectivity index (χ4n) is 2.53. The first-order chi connectivity index (χ1) is 11.9. The summed E-state index contributed by atoms with van der Waals surface area (Å²) in [4.78, 5) is 24.0. The number of carbonyl (C=O) groups is 2. The van der Waals surface area contributed by atoms with Crippen LogP contribution in [0.2, 0.25) is 0 Å². The number of nitrogens with zero attached hydrogens (tertiary/aromatic N) is 2. The summed E-state index contributed by atoms with van der Waals surface area (Å²) in [5.74, 6) is -1.07. The molecule has 0 bridgehead atoms. The largest absolute Gasteiger partial charge is 0.497 e. The van der Waals surface area contributed by atoms with Crippen molar-refractivity contribution in [3.63, 3.8) is 0 Å². The maximum atomic E-state index is 12.4. The van der Waals surface area contributed by atoms with Crippen LogP contribution in [0.3, 0.4) is 0 Å². The van der Waals surface area contributed by atoms with E-state index in [1.54, 1.807) is 38.3 Å². The zero-order valence-electron chi connectivity index (χ0n) is 14.8. The van der Waals surface area contributed by atoms with Crippen LogP contribution in [0.4, 0.5) is 0 Å². The number of benzene rings is 1. The summed E-state index contributed by atoms with van der Waals surface area (Å²) in [6, 6.07) is 7.02. The second kappa shape index (κ2) is 7.83. The molecule has 0 amide bonds. The first kappa shape index (κ1) is 18.5. The van der Waals surface area contributed by atoms with Crippen LogP contribution in [0.1, 0.15) is 47.3 Å². The van der Waals surface area contributed by atoms with Gasteiger partial charge in [-0.25, -0.2) is 14.3 Å². The number of carboxylic acids is 1. The molecule has 0 spiro atoms. The molecule has 0 aliphatic rings. The highest BCUT2D eigenvalue weighted by atomic mass is 16.5. The molecular formula is C18H22N2O5. The molecule has 7 nitrogen and oxygen atoms in total. The second-order valence-electron chi connectivity index (χ2n) is 5.90. The van der Waals surface area contributed by atoms with Crippen molar-refractivity contribution >= 4 is 11.9 Å². The molecule has 0 saturated heterocycles. The van der Waals surface area contributed by atoms with Gasteiger partial charge >= 0.3 is 11.9 Å². The van der Waals surface area contributed by atoms with E-state index in [0.29, 0.717) is 23.6 Å². The molecule has 0 saturated carbocycles. The van der Waals surface area contributed by atoms with Crippen LogP contribution < -0.4 is 4.74 Å². The molecule has 0 aliphatic carbocycles. The zero-order chi connectivity index (χ0) is 18.6. The fraction of sp³-hybridized carbons (Fsp3) is 0.389. The third-order valence-electron chi connectivity index (χ3n) is 3.58. The number of hydrogen-bond acceptors (Lipinski definition) is 5. The summed E-state index contributed by atoms with van der Waals surface area (Å²) in [6.07, 6.45) is 0.487. The van der Waals surface area contributed by atoms with Crippen molar-refractivity contribution < 1.29 is 24.2 Å². The van der Waals surface area contributed by atoms with E-state index < -0.39 is 11.9 Å². The van der Waals surface area contributed by atoms with Gasteiger partial charge < -0.3 is 14.6 Å². The number of ether oxygens (including phenoxy) is 2. The maximum Gasteiger partial charge on any atom is 0.357 e. The van der Waals surface area contributed by atoms with E-state index in [4.69, 9.17) is 9.47 Å². The maximum absolute atomic E-state index is 12.4. The highest BCUT2D eigenvalue weighted by Crippen LogP contribution is 2.24. The van der Waals surface area contributed by atoms with Gasteiger partial charge in [0.05, 0.1) is 25.1 Å². The van der Waals surface area contributed by atoms with Crippen LogP contribution in [0, 0.1) is 5.92 Å². The third-order valence-corrected chi connectivity index (χ3v) is 3.58. The number of hydrogen-bond donors (Lipinski definition) is 1. The van der Waals surface area contributed by atoms with Crippen molar-refractivity contribution in [2.45, 2.75) is 27.2 Å². The number of aromatic carboxylic acids is 1. The van der Waals surface area contributed by atoms with E-state index in [9.17, 15) is 14.7 Å². The number of rotatable bonds is 7. The molecule has 1 heterocycles. The van der Waals surface area contributed by atoms with Gasteiger partial charge in [-0.1, -0.05) is 13.8 Å². The minimum Gasteiger partial charge on any atom is -0.497 e. The van der Waals surface area contributed by atoms with Crippen LogP contribution in [-0.2, 0) is 11.2 Å². The van der Waals surface area contributed by atoms with E-state index in [2.05, 4.69) is 5.10 Å². The van der Waals surface area contributed by atoms with Gasteiger partial charge in [0.15, 0.2) is 5.69 Å². The van der Waals surface area contributed by atoms with Crippen LogP contribution in [0.25, 0.3) is 5.69 Å². The van der Waals surface area contributed by atoms with Gasteiger partial charge in [-0.15, -0.1) is 0 Å². The van der Waals surface area contributed by atoms with E-state index in [0.717, 1.165) is 0 Å². The van der Waals surface area contributed by atoms with Crippen molar-refractivity contribution in [1.29, 1.82) is 0 Å². The SMILES string of the molecule is CCOC(=O)c1c(C(=O)O)nn(-c2ccc(OC)cc2)c1CC(C)C. The van der Waals surface area contributed by atoms with Gasteiger partial charge in [-0.3, -0.25) is 0 Å². The average molecular weight is 346 g/mol. The van der Waals surface area contributed by atoms with Crippen molar-refractivity contribution in [3.05, 3.63) is 41.2 Å². The molecule has 0 radical (unpaired) electrons. The molecule has 2 aromatic rings. The minimum atomic E-state index is -1.26. The molecule has 7 heteroatoms. The Hall–Kier alpha value is -2.83. The molecule has 0 aliphatic heterocycles. The molecular weight excluding hydrogens is 324 g/mol. The van der Waals surface area contributed by atoms with Gasteiger partial charge in [0, 0.05) is 0 Å². The van der Waals surface area contributed by atoms with E-state index in [-0.39, 0.29) is 23.8 Å². The van der Waals surface area contributed by atoms with Crippen molar-refractivity contribution in [3.8, 4) is 11.4 Å². The predicted molar refractivity (Wildman–Crippen MR) is 91.6 cm³/mol. The normalized spacial score (nSPS) is 10.8. The molecule has 0 fully saturated rings. The van der Waals surface area contributed by atoms with E-state index in [1.165, 1.54) is 4.68 Å². The zero-order valence-corrected chi connectivity index (χ0v) is 14.8. The van der Waals surface area contributed by atoms with Gasteiger partial charge in [-0.05, 0) is 43.5 Å². The van der Waals surface area contributed by atoms with Crippen LogP contribution in [0.5, 0.6) is 5.75 Å². The lowest BCUT2D eigenvalue weighted by Crippen LogP contribution is -2.14. The van der Waals surface area contributed by atoms with E-state index in [1.807, 2.05) is 13.8 Å². The Labute approximate surface area is 146 Å². The van der Waals surface area contributed by atoms with Gasteiger partial charge in [0.25, 0.3) is 0 Å². The number of carbonyl (C=O) groups excluding carboxylic acids is 1. The standard InChI is InChI=1S/C18H22N2O5/c1-5-25-18(23)15-14(10-11(2)3)20(19-16(15)17(21)22)12-6-8-13(24-4)9-7-12/h6-9,11H,5,10H2,1-4H3,(H,21,22). The third kappa shape index (κ3) is 3.99. The molecule has 0 atom stereocenters. The fourth-order valence-corrected chi connectivity index (χ4v) is 2.53. The number of esters is 1. The van der Waals surface area contributed by atoms with Crippen molar-refractivity contribution in [2.75, 3.05) is 13.7 Å². The van der Waals surface area contributed by atoms with Gasteiger partial charge in [0.2, 0.25) is 0 Å². The first-order valence-electron chi connectivity index (χ1n) is 8.05. The average Bonchev–Trinajstić information content (AvgIpc) is 2.94. The van der Waals surface area contributed by atoms with Crippen LogP contribution >= 0.6 is 0 Å².